The van der Waals surface area contributed by atoms with E-state index in [4.69, 9.17) is 10.8 Å². The zero-order valence-electron chi connectivity index (χ0n) is 12.3. The lowest BCUT2D eigenvalue weighted by Gasteiger charge is -2.07. The molecule has 0 unspecified atom stereocenters. The molecule has 1 heterocycles. The van der Waals surface area contributed by atoms with Gasteiger partial charge in [-0.3, -0.25) is 9.59 Å². The number of amides is 1. The Morgan fingerprint density at radius 1 is 1.27 bits per heavy atom. The summed E-state index contributed by atoms with van der Waals surface area (Å²) in [6, 6.07) is 7.04. The van der Waals surface area contributed by atoms with Crippen LogP contribution in [0.15, 0.2) is 30.5 Å². The smallest absolute Gasteiger partial charge is 0.320 e. The van der Waals surface area contributed by atoms with Crippen molar-refractivity contribution in [3.63, 3.8) is 0 Å². The molecule has 0 aliphatic heterocycles. The van der Waals surface area contributed by atoms with E-state index < -0.39 is 12.0 Å². The standard InChI is InChI=1S/C16H21N3O3/c17-13(16(21)22)6-3-4-8-18-15(20)9-11-10-19-14-7-2-1-5-12(11)14/h1-2,5,7,10,13,19H,3-4,6,8-9,17H2,(H,18,20)(H,21,22)/t13-/m0/s1. The second-order valence-electron chi connectivity index (χ2n) is 5.33. The number of carbonyl (C=O) groups excluding carboxylic acids is 1. The van der Waals surface area contributed by atoms with E-state index in [1.807, 2.05) is 30.5 Å². The van der Waals surface area contributed by atoms with E-state index in [2.05, 4.69) is 10.3 Å². The maximum atomic E-state index is 11.9. The van der Waals surface area contributed by atoms with Crippen LogP contribution in [-0.2, 0) is 16.0 Å². The van der Waals surface area contributed by atoms with Crippen molar-refractivity contribution >= 4 is 22.8 Å². The Labute approximate surface area is 128 Å². The van der Waals surface area contributed by atoms with Gasteiger partial charge in [0.15, 0.2) is 0 Å². The van der Waals surface area contributed by atoms with Crippen LogP contribution < -0.4 is 11.1 Å². The van der Waals surface area contributed by atoms with Crippen molar-refractivity contribution in [3.05, 3.63) is 36.0 Å². The van der Waals surface area contributed by atoms with Gasteiger partial charge in [0.2, 0.25) is 5.91 Å². The lowest BCUT2D eigenvalue weighted by molar-refractivity contribution is -0.138. The normalized spacial score (nSPS) is 12.2. The Hall–Kier alpha value is -2.34. The fourth-order valence-electron chi connectivity index (χ4n) is 2.35. The van der Waals surface area contributed by atoms with Gasteiger partial charge in [0.05, 0.1) is 6.42 Å². The molecule has 2 rings (SSSR count). The van der Waals surface area contributed by atoms with Gasteiger partial charge in [-0.2, -0.15) is 0 Å². The highest BCUT2D eigenvalue weighted by Crippen LogP contribution is 2.17. The van der Waals surface area contributed by atoms with Gasteiger partial charge in [-0.05, 0) is 30.9 Å². The number of aliphatic carboxylic acids is 1. The van der Waals surface area contributed by atoms with Crippen LogP contribution in [0.3, 0.4) is 0 Å². The molecule has 1 amide bonds. The number of hydrogen-bond donors (Lipinski definition) is 4. The molecule has 0 saturated carbocycles. The van der Waals surface area contributed by atoms with Gasteiger partial charge in [-0.25, -0.2) is 0 Å². The molecule has 0 radical (unpaired) electrons. The number of H-pyrrole nitrogens is 1. The van der Waals surface area contributed by atoms with Crippen molar-refractivity contribution in [3.8, 4) is 0 Å². The molecule has 0 aliphatic rings. The molecule has 0 fully saturated rings. The summed E-state index contributed by atoms with van der Waals surface area (Å²) in [4.78, 5) is 25.6. The van der Waals surface area contributed by atoms with Gasteiger partial charge in [0.1, 0.15) is 6.04 Å². The minimum atomic E-state index is -0.983. The molecular formula is C16H21N3O3. The van der Waals surface area contributed by atoms with E-state index in [0.29, 0.717) is 25.8 Å². The van der Waals surface area contributed by atoms with Crippen molar-refractivity contribution in [2.75, 3.05) is 6.54 Å². The molecule has 1 atom stereocenters. The molecular weight excluding hydrogens is 282 g/mol. The van der Waals surface area contributed by atoms with Crippen molar-refractivity contribution in [2.45, 2.75) is 31.7 Å². The van der Waals surface area contributed by atoms with Crippen molar-refractivity contribution in [1.29, 1.82) is 0 Å². The SMILES string of the molecule is N[C@@H](CCCCNC(=O)Cc1c[nH]c2ccccc12)C(=O)O. The molecule has 1 aromatic heterocycles. The van der Waals surface area contributed by atoms with Crippen molar-refractivity contribution < 1.29 is 14.7 Å². The predicted molar refractivity (Wildman–Crippen MR) is 84.5 cm³/mol. The number of aromatic nitrogens is 1. The summed E-state index contributed by atoms with van der Waals surface area (Å²) < 4.78 is 0. The summed E-state index contributed by atoms with van der Waals surface area (Å²) in [6.07, 6.45) is 4.02. The van der Waals surface area contributed by atoms with Crippen LogP contribution in [0.4, 0.5) is 0 Å². The van der Waals surface area contributed by atoms with E-state index in [1.54, 1.807) is 0 Å². The number of nitrogens with two attached hydrogens (primary N) is 1. The highest BCUT2D eigenvalue weighted by molar-refractivity contribution is 5.88. The molecule has 22 heavy (non-hydrogen) atoms. The maximum absolute atomic E-state index is 11.9. The number of para-hydroxylation sites is 1. The number of carboxylic acids is 1. The molecule has 2 aromatic rings. The molecule has 0 bridgehead atoms. The third kappa shape index (κ3) is 4.33. The summed E-state index contributed by atoms with van der Waals surface area (Å²) in [6.45, 7) is 0.535. The van der Waals surface area contributed by atoms with Crippen LogP contribution in [0.25, 0.3) is 10.9 Å². The monoisotopic (exact) mass is 303 g/mol. The van der Waals surface area contributed by atoms with Gasteiger partial charge in [-0.15, -0.1) is 0 Å². The molecule has 0 aliphatic carbocycles. The van der Waals surface area contributed by atoms with Gasteiger partial charge < -0.3 is 21.1 Å². The van der Waals surface area contributed by atoms with E-state index >= 15 is 0 Å². The van der Waals surface area contributed by atoms with E-state index in [1.165, 1.54) is 0 Å². The number of unbranched alkanes of at least 4 members (excludes halogenated alkanes) is 1. The van der Waals surface area contributed by atoms with E-state index in [9.17, 15) is 9.59 Å². The topological polar surface area (TPSA) is 108 Å². The molecule has 6 heteroatoms. The number of rotatable bonds is 8. The third-order valence-corrected chi connectivity index (χ3v) is 3.61. The largest absolute Gasteiger partial charge is 0.480 e. The number of carbonyl (C=O) groups is 2. The van der Waals surface area contributed by atoms with Crippen LogP contribution in [-0.4, -0.2) is 34.6 Å². The summed E-state index contributed by atoms with van der Waals surface area (Å²) >= 11 is 0. The van der Waals surface area contributed by atoms with Crippen molar-refractivity contribution in [1.82, 2.24) is 10.3 Å². The molecule has 0 spiro atoms. The zero-order chi connectivity index (χ0) is 15.9. The minimum absolute atomic E-state index is 0.0349. The Morgan fingerprint density at radius 2 is 2.05 bits per heavy atom. The lowest BCUT2D eigenvalue weighted by atomic mass is 10.1. The number of nitrogens with one attached hydrogen (secondary N) is 2. The van der Waals surface area contributed by atoms with E-state index in [0.717, 1.165) is 22.9 Å². The van der Waals surface area contributed by atoms with Crippen LogP contribution in [0, 0.1) is 0 Å². The van der Waals surface area contributed by atoms with Gasteiger partial charge >= 0.3 is 5.97 Å². The third-order valence-electron chi connectivity index (χ3n) is 3.61. The van der Waals surface area contributed by atoms with Crippen molar-refractivity contribution in [2.24, 2.45) is 5.73 Å². The molecule has 118 valence electrons. The molecule has 1 aromatic carbocycles. The minimum Gasteiger partial charge on any atom is -0.480 e. The van der Waals surface area contributed by atoms with Gasteiger partial charge in [0.25, 0.3) is 0 Å². The highest BCUT2D eigenvalue weighted by Gasteiger charge is 2.11. The molecule has 6 nitrogen and oxygen atoms in total. The van der Waals surface area contributed by atoms with Crippen LogP contribution in [0.1, 0.15) is 24.8 Å². The molecule has 0 saturated heterocycles. The van der Waals surface area contributed by atoms with E-state index in [-0.39, 0.29) is 5.91 Å². The first kappa shape index (κ1) is 16.0. The summed E-state index contributed by atoms with van der Waals surface area (Å²) in [5.41, 5.74) is 7.41. The fourth-order valence-corrected chi connectivity index (χ4v) is 2.35. The average molecular weight is 303 g/mol. The predicted octanol–water partition coefficient (Wildman–Crippen LogP) is 1.41. The van der Waals surface area contributed by atoms with Gasteiger partial charge in [-0.1, -0.05) is 18.2 Å². The summed E-state index contributed by atoms with van der Waals surface area (Å²) in [5, 5.41) is 12.6. The second kappa shape index (κ2) is 7.61. The van der Waals surface area contributed by atoms with Crippen LogP contribution in [0.2, 0.25) is 0 Å². The lowest BCUT2D eigenvalue weighted by Crippen LogP contribution is -2.30. The zero-order valence-corrected chi connectivity index (χ0v) is 12.3. The Balaban J connectivity index is 1.71. The first-order chi connectivity index (χ1) is 10.6. The number of carboxylic acid groups (broad SMARTS) is 1. The first-order valence-electron chi connectivity index (χ1n) is 7.38. The molecule has 5 N–H and O–H groups in total. The maximum Gasteiger partial charge on any atom is 0.320 e. The quantitative estimate of drug-likeness (QED) is 0.553. The average Bonchev–Trinajstić information content (AvgIpc) is 2.90. The number of fused-ring (bicyclic) bond motifs is 1. The highest BCUT2D eigenvalue weighted by atomic mass is 16.4. The first-order valence-corrected chi connectivity index (χ1v) is 7.38. The Bertz CT molecular complexity index is 651. The Morgan fingerprint density at radius 3 is 2.82 bits per heavy atom. The van der Waals surface area contributed by atoms with Crippen LogP contribution >= 0.6 is 0 Å². The summed E-state index contributed by atoms with van der Waals surface area (Å²) in [5.74, 6) is -1.02. The Kier molecular flexibility index (Phi) is 5.55. The fraction of sp³-hybridized carbons (Fsp3) is 0.375. The van der Waals surface area contributed by atoms with Gasteiger partial charge in [0, 0.05) is 23.6 Å². The number of aromatic amines is 1. The summed E-state index contributed by atoms with van der Waals surface area (Å²) in [7, 11) is 0. The number of hydrogen-bond acceptors (Lipinski definition) is 3. The second-order valence-corrected chi connectivity index (χ2v) is 5.33. The number of benzene rings is 1. The van der Waals surface area contributed by atoms with Crippen LogP contribution in [0.5, 0.6) is 0 Å².